The minimum atomic E-state index is -4.77. The third kappa shape index (κ3) is 6.55. The summed E-state index contributed by atoms with van der Waals surface area (Å²) >= 11 is 3.44. The standard InChI is InChI=1S/C25H28BrF3N4O/c1-3-22(32(14-13-30-2)16-19-9-11-20(26)12-10-19)23-31-15-21(25(27,28)29)24(34)33(23)17-18-7-5-4-6-8-18/h4-12,15,22,30H,3,13-14,16-17H2,1-2H3. The van der Waals surface area contributed by atoms with E-state index in [1.165, 1.54) is 4.57 Å². The van der Waals surface area contributed by atoms with Gasteiger partial charge in [0.2, 0.25) is 0 Å². The van der Waals surface area contributed by atoms with Gasteiger partial charge in [-0.3, -0.25) is 14.3 Å². The molecule has 5 nitrogen and oxygen atoms in total. The first-order chi connectivity index (χ1) is 16.2. The molecule has 182 valence electrons. The number of rotatable bonds is 10. The number of hydrogen-bond donors (Lipinski definition) is 1. The molecule has 0 aliphatic carbocycles. The van der Waals surface area contributed by atoms with Crippen LogP contribution in [-0.4, -0.2) is 34.6 Å². The van der Waals surface area contributed by atoms with Crippen molar-refractivity contribution in [2.75, 3.05) is 20.1 Å². The Labute approximate surface area is 205 Å². The third-order valence-electron chi connectivity index (χ3n) is 5.64. The van der Waals surface area contributed by atoms with Crippen molar-refractivity contribution < 1.29 is 13.2 Å². The van der Waals surface area contributed by atoms with Crippen molar-refractivity contribution in [2.45, 2.75) is 38.7 Å². The summed E-state index contributed by atoms with van der Waals surface area (Å²) in [7, 11) is 1.85. The molecule has 0 aliphatic heterocycles. The number of alkyl halides is 3. The lowest BCUT2D eigenvalue weighted by Crippen LogP contribution is -2.39. The molecule has 34 heavy (non-hydrogen) atoms. The van der Waals surface area contributed by atoms with Gasteiger partial charge in [0.25, 0.3) is 5.56 Å². The summed E-state index contributed by atoms with van der Waals surface area (Å²) in [5.74, 6) is 0.331. The Bertz CT molecular complexity index is 1120. The van der Waals surface area contributed by atoms with Gasteiger partial charge in [-0.05, 0) is 36.7 Å². The molecule has 3 rings (SSSR count). The highest BCUT2D eigenvalue weighted by molar-refractivity contribution is 9.10. The van der Waals surface area contributed by atoms with Crippen LogP contribution < -0.4 is 10.9 Å². The van der Waals surface area contributed by atoms with Crippen molar-refractivity contribution in [3.63, 3.8) is 0 Å². The van der Waals surface area contributed by atoms with Crippen LogP contribution in [0.4, 0.5) is 13.2 Å². The highest BCUT2D eigenvalue weighted by Crippen LogP contribution is 2.29. The van der Waals surface area contributed by atoms with Gasteiger partial charge in [-0.2, -0.15) is 13.2 Å². The number of hydrogen-bond acceptors (Lipinski definition) is 4. The molecule has 1 atom stereocenters. The van der Waals surface area contributed by atoms with Crippen LogP contribution in [0.5, 0.6) is 0 Å². The zero-order valence-electron chi connectivity index (χ0n) is 19.1. The van der Waals surface area contributed by atoms with Crippen molar-refractivity contribution in [3.8, 4) is 0 Å². The Kier molecular flexibility index (Phi) is 9.04. The lowest BCUT2D eigenvalue weighted by atomic mass is 10.1. The zero-order chi connectivity index (χ0) is 24.7. The number of aromatic nitrogens is 2. The van der Waals surface area contributed by atoms with Gasteiger partial charge in [0.1, 0.15) is 11.4 Å². The summed E-state index contributed by atoms with van der Waals surface area (Å²) in [4.78, 5) is 19.4. The molecule has 0 aliphatic rings. The van der Waals surface area contributed by atoms with Crippen molar-refractivity contribution in [3.05, 3.63) is 98.1 Å². The summed E-state index contributed by atoms with van der Waals surface area (Å²) in [6, 6.07) is 16.6. The Morgan fingerprint density at radius 2 is 1.76 bits per heavy atom. The number of nitrogens with one attached hydrogen (secondary N) is 1. The molecule has 0 bridgehead atoms. The summed E-state index contributed by atoms with van der Waals surface area (Å²) in [6.07, 6.45) is -3.52. The number of likely N-dealkylation sites (N-methyl/N-ethyl adjacent to an activating group) is 1. The van der Waals surface area contributed by atoms with E-state index in [4.69, 9.17) is 0 Å². The van der Waals surface area contributed by atoms with Gasteiger partial charge in [-0.15, -0.1) is 0 Å². The Morgan fingerprint density at radius 1 is 1.09 bits per heavy atom. The summed E-state index contributed by atoms with van der Waals surface area (Å²) in [5, 5.41) is 3.13. The predicted molar refractivity (Wildman–Crippen MR) is 131 cm³/mol. The second kappa shape index (κ2) is 11.8. The van der Waals surface area contributed by atoms with E-state index < -0.39 is 17.3 Å². The molecule has 0 fully saturated rings. The molecule has 0 radical (unpaired) electrons. The van der Waals surface area contributed by atoms with E-state index >= 15 is 0 Å². The molecule has 0 saturated carbocycles. The molecule has 9 heteroatoms. The molecular formula is C25H28BrF3N4O. The van der Waals surface area contributed by atoms with Crippen molar-refractivity contribution in [2.24, 2.45) is 0 Å². The normalized spacial score (nSPS) is 12.8. The van der Waals surface area contributed by atoms with Crippen LogP contribution in [0, 0.1) is 0 Å². The van der Waals surface area contributed by atoms with Gasteiger partial charge in [0.15, 0.2) is 0 Å². The van der Waals surface area contributed by atoms with E-state index in [1.54, 1.807) is 24.3 Å². The fraction of sp³-hybridized carbons (Fsp3) is 0.360. The molecule has 0 amide bonds. The fourth-order valence-electron chi connectivity index (χ4n) is 3.91. The van der Waals surface area contributed by atoms with Gasteiger partial charge in [0, 0.05) is 30.3 Å². The first kappa shape index (κ1) is 26.1. The molecule has 0 spiro atoms. The smallest absolute Gasteiger partial charge is 0.318 e. The SMILES string of the molecule is CCC(c1ncc(C(F)(F)F)c(=O)n1Cc1ccccc1)N(CCNC)Cc1ccc(Br)cc1. The summed E-state index contributed by atoms with van der Waals surface area (Å²) < 4.78 is 42.8. The Morgan fingerprint density at radius 3 is 2.35 bits per heavy atom. The van der Waals surface area contributed by atoms with E-state index in [0.29, 0.717) is 38.1 Å². The summed E-state index contributed by atoms with van der Waals surface area (Å²) in [5.41, 5.74) is -0.535. The van der Waals surface area contributed by atoms with Gasteiger partial charge in [-0.1, -0.05) is 65.3 Å². The van der Waals surface area contributed by atoms with E-state index in [0.717, 1.165) is 15.6 Å². The highest BCUT2D eigenvalue weighted by Gasteiger charge is 2.36. The van der Waals surface area contributed by atoms with E-state index in [2.05, 4.69) is 31.1 Å². The second-order valence-corrected chi connectivity index (χ2v) is 8.94. The number of halogens is 4. The molecule has 1 N–H and O–H groups in total. The van der Waals surface area contributed by atoms with E-state index in [-0.39, 0.29) is 12.6 Å². The minimum absolute atomic E-state index is 0.0145. The van der Waals surface area contributed by atoms with Crippen molar-refractivity contribution in [1.82, 2.24) is 19.8 Å². The molecule has 0 saturated heterocycles. The predicted octanol–water partition coefficient (Wildman–Crippen LogP) is 5.25. The largest absolute Gasteiger partial charge is 0.423 e. The van der Waals surface area contributed by atoms with Gasteiger partial charge >= 0.3 is 6.18 Å². The Hall–Kier alpha value is -2.49. The average Bonchev–Trinajstić information content (AvgIpc) is 2.81. The maximum Gasteiger partial charge on any atom is 0.423 e. The van der Waals surface area contributed by atoms with Crippen molar-refractivity contribution >= 4 is 15.9 Å². The highest BCUT2D eigenvalue weighted by atomic mass is 79.9. The number of benzene rings is 2. The molecule has 2 aromatic carbocycles. The molecule has 3 aromatic rings. The lowest BCUT2D eigenvalue weighted by molar-refractivity contribution is -0.139. The second-order valence-electron chi connectivity index (χ2n) is 8.03. The molecule has 1 unspecified atom stereocenters. The topological polar surface area (TPSA) is 50.2 Å². The maximum atomic E-state index is 13.6. The fourth-order valence-corrected chi connectivity index (χ4v) is 4.18. The Balaban J connectivity index is 2.08. The monoisotopic (exact) mass is 536 g/mol. The van der Waals surface area contributed by atoms with Crippen molar-refractivity contribution in [1.29, 1.82) is 0 Å². The van der Waals surface area contributed by atoms with Crippen LogP contribution in [0.2, 0.25) is 0 Å². The van der Waals surface area contributed by atoms with E-state index in [9.17, 15) is 18.0 Å². The van der Waals surface area contributed by atoms with E-state index in [1.807, 2.05) is 44.3 Å². The first-order valence-corrected chi connectivity index (χ1v) is 11.9. The summed E-state index contributed by atoms with van der Waals surface area (Å²) in [6.45, 7) is 3.84. The first-order valence-electron chi connectivity index (χ1n) is 11.1. The molecule has 1 heterocycles. The van der Waals surface area contributed by atoms with Crippen LogP contribution in [0.1, 0.15) is 41.9 Å². The van der Waals surface area contributed by atoms with Crippen LogP contribution in [0.3, 0.4) is 0 Å². The quantitative estimate of drug-likeness (QED) is 0.384. The van der Waals surface area contributed by atoms with Crippen LogP contribution in [0.15, 0.2) is 70.1 Å². The average molecular weight is 537 g/mol. The van der Waals surface area contributed by atoms with Gasteiger partial charge in [0.05, 0.1) is 12.6 Å². The van der Waals surface area contributed by atoms with Crippen LogP contribution in [-0.2, 0) is 19.3 Å². The van der Waals surface area contributed by atoms with Gasteiger partial charge < -0.3 is 5.32 Å². The third-order valence-corrected chi connectivity index (χ3v) is 6.17. The molecular weight excluding hydrogens is 509 g/mol. The van der Waals surface area contributed by atoms with Crippen LogP contribution >= 0.6 is 15.9 Å². The number of nitrogens with zero attached hydrogens (tertiary/aromatic N) is 3. The molecule has 1 aromatic heterocycles. The van der Waals surface area contributed by atoms with Crippen LogP contribution in [0.25, 0.3) is 0 Å². The van der Waals surface area contributed by atoms with Gasteiger partial charge in [-0.25, -0.2) is 4.98 Å². The zero-order valence-corrected chi connectivity index (χ0v) is 20.7. The maximum absolute atomic E-state index is 13.6. The lowest BCUT2D eigenvalue weighted by Gasteiger charge is -2.32. The minimum Gasteiger partial charge on any atom is -0.318 e.